The standard InChI is InChI=1S/C24H30F2O2/c1-22-9-7-16(27)12-20(22)14(13-24(25,26)15-3-4-15)11-17-18-5-6-21(28)23(18,2)10-8-19(17)22/h7,9,12,14-15,17-19H,3-6,8,10-11,13H2,1-2H3/t14-,17+,18+,19+,22-,23+/m1/s1. The zero-order chi connectivity index (χ0) is 19.9. The van der Waals surface area contributed by atoms with Gasteiger partial charge in [-0.15, -0.1) is 0 Å². The van der Waals surface area contributed by atoms with Crippen molar-refractivity contribution in [2.24, 2.45) is 40.4 Å². The number of hydrogen-bond donors (Lipinski definition) is 0. The summed E-state index contributed by atoms with van der Waals surface area (Å²) in [4.78, 5) is 24.8. The van der Waals surface area contributed by atoms with E-state index in [0.29, 0.717) is 49.2 Å². The summed E-state index contributed by atoms with van der Waals surface area (Å²) in [5.74, 6) is -2.12. The second-order valence-electron chi connectivity index (χ2n) is 10.6. The summed E-state index contributed by atoms with van der Waals surface area (Å²) in [6, 6.07) is 0. The van der Waals surface area contributed by atoms with Crippen LogP contribution in [0.2, 0.25) is 0 Å². The zero-order valence-corrected chi connectivity index (χ0v) is 16.8. The van der Waals surface area contributed by atoms with Crippen molar-refractivity contribution in [3.63, 3.8) is 0 Å². The average molecular weight is 388 g/mol. The van der Waals surface area contributed by atoms with E-state index in [9.17, 15) is 18.4 Å². The highest BCUT2D eigenvalue weighted by Gasteiger charge is 2.61. The van der Waals surface area contributed by atoms with Crippen LogP contribution in [0.25, 0.3) is 0 Å². The minimum Gasteiger partial charge on any atom is -0.299 e. The van der Waals surface area contributed by atoms with Crippen molar-refractivity contribution < 1.29 is 18.4 Å². The van der Waals surface area contributed by atoms with Crippen molar-refractivity contribution in [2.45, 2.75) is 71.1 Å². The number of alkyl halides is 2. The van der Waals surface area contributed by atoms with Gasteiger partial charge in [-0.2, -0.15) is 0 Å². The van der Waals surface area contributed by atoms with Crippen molar-refractivity contribution in [1.82, 2.24) is 0 Å². The third kappa shape index (κ3) is 2.55. The Morgan fingerprint density at radius 1 is 1.11 bits per heavy atom. The number of hydrogen-bond acceptors (Lipinski definition) is 2. The second-order valence-corrected chi connectivity index (χ2v) is 10.6. The molecule has 0 aromatic rings. The van der Waals surface area contributed by atoms with E-state index >= 15 is 0 Å². The smallest absolute Gasteiger partial charge is 0.251 e. The fourth-order valence-corrected chi connectivity index (χ4v) is 7.39. The first-order valence-electron chi connectivity index (χ1n) is 11.0. The number of Topliss-reactive ketones (excluding diaryl/α,β-unsaturated/α-hetero) is 1. The van der Waals surface area contributed by atoms with Gasteiger partial charge in [0.25, 0.3) is 5.92 Å². The van der Waals surface area contributed by atoms with Gasteiger partial charge in [0.1, 0.15) is 5.78 Å². The van der Waals surface area contributed by atoms with E-state index in [4.69, 9.17) is 0 Å². The first-order chi connectivity index (χ1) is 13.1. The highest BCUT2D eigenvalue weighted by molar-refractivity contribution is 6.01. The second kappa shape index (κ2) is 5.86. The van der Waals surface area contributed by atoms with Crippen LogP contribution < -0.4 is 0 Å². The Balaban J connectivity index is 1.53. The van der Waals surface area contributed by atoms with E-state index in [1.165, 1.54) is 0 Å². The van der Waals surface area contributed by atoms with E-state index in [0.717, 1.165) is 24.8 Å². The molecule has 0 saturated heterocycles. The summed E-state index contributed by atoms with van der Waals surface area (Å²) in [5.41, 5.74) is 0.347. The molecule has 4 saturated carbocycles. The molecule has 0 spiro atoms. The fourth-order valence-electron chi connectivity index (χ4n) is 7.39. The predicted molar refractivity (Wildman–Crippen MR) is 103 cm³/mol. The molecule has 0 heterocycles. The Hall–Kier alpha value is -1.32. The number of carbonyl (C=O) groups excluding carboxylic acids is 2. The maximum absolute atomic E-state index is 14.8. The number of allylic oxidation sites excluding steroid dienone is 4. The quantitative estimate of drug-likeness (QED) is 0.637. The first-order valence-corrected chi connectivity index (χ1v) is 11.0. The normalized spacial score (nSPS) is 45.4. The summed E-state index contributed by atoms with van der Waals surface area (Å²) >= 11 is 0. The Morgan fingerprint density at radius 2 is 1.86 bits per heavy atom. The van der Waals surface area contributed by atoms with Gasteiger partial charge in [-0.1, -0.05) is 25.5 Å². The van der Waals surface area contributed by atoms with Crippen molar-refractivity contribution in [3.8, 4) is 0 Å². The molecule has 0 aromatic carbocycles. The maximum Gasteiger partial charge on any atom is 0.251 e. The number of fused-ring (bicyclic) bond motifs is 5. The predicted octanol–water partition coefficient (Wildman–Crippen LogP) is 5.52. The average Bonchev–Trinajstić information content (AvgIpc) is 3.43. The van der Waals surface area contributed by atoms with Crippen LogP contribution in [0.15, 0.2) is 23.8 Å². The summed E-state index contributed by atoms with van der Waals surface area (Å²) < 4.78 is 29.6. The van der Waals surface area contributed by atoms with Crippen LogP contribution >= 0.6 is 0 Å². The molecule has 4 heteroatoms. The van der Waals surface area contributed by atoms with Gasteiger partial charge in [0, 0.05) is 29.6 Å². The number of carbonyl (C=O) groups is 2. The Morgan fingerprint density at radius 3 is 2.57 bits per heavy atom. The van der Waals surface area contributed by atoms with Crippen molar-refractivity contribution in [2.75, 3.05) is 0 Å². The minimum atomic E-state index is -2.65. The van der Waals surface area contributed by atoms with Gasteiger partial charge >= 0.3 is 0 Å². The summed E-state index contributed by atoms with van der Waals surface area (Å²) in [6.07, 6.45) is 10.5. The van der Waals surface area contributed by atoms with Crippen LogP contribution in [0.3, 0.4) is 0 Å². The zero-order valence-electron chi connectivity index (χ0n) is 16.8. The van der Waals surface area contributed by atoms with E-state index in [1.54, 1.807) is 12.2 Å². The lowest BCUT2D eigenvalue weighted by Crippen LogP contribution is -2.52. The molecular formula is C24H30F2O2. The first kappa shape index (κ1) is 18.7. The molecule has 0 bridgehead atoms. The van der Waals surface area contributed by atoms with Crippen LogP contribution in [0.5, 0.6) is 0 Å². The van der Waals surface area contributed by atoms with Crippen LogP contribution in [-0.2, 0) is 9.59 Å². The molecule has 0 N–H and O–H groups in total. The third-order valence-corrected chi connectivity index (χ3v) is 9.12. The molecule has 152 valence electrons. The molecule has 5 rings (SSSR count). The maximum atomic E-state index is 14.8. The molecular weight excluding hydrogens is 358 g/mol. The van der Waals surface area contributed by atoms with Gasteiger partial charge in [0.2, 0.25) is 0 Å². The van der Waals surface area contributed by atoms with Gasteiger partial charge in [-0.3, -0.25) is 9.59 Å². The number of halogens is 2. The lowest BCUT2D eigenvalue weighted by Gasteiger charge is -2.58. The van der Waals surface area contributed by atoms with Gasteiger partial charge in [0.15, 0.2) is 5.78 Å². The van der Waals surface area contributed by atoms with Crippen LogP contribution in [0, 0.1) is 40.4 Å². The number of ketones is 2. The molecule has 5 aliphatic carbocycles. The summed E-state index contributed by atoms with van der Waals surface area (Å²) in [5, 5.41) is 0. The highest BCUT2D eigenvalue weighted by Crippen LogP contribution is 2.65. The van der Waals surface area contributed by atoms with E-state index in [1.807, 2.05) is 6.08 Å². The van der Waals surface area contributed by atoms with Crippen LogP contribution in [0.4, 0.5) is 8.78 Å². The monoisotopic (exact) mass is 388 g/mol. The van der Waals surface area contributed by atoms with Gasteiger partial charge in [-0.25, -0.2) is 8.78 Å². The molecule has 6 atom stereocenters. The molecule has 0 amide bonds. The van der Waals surface area contributed by atoms with E-state index in [-0.39, 0.29) is 29.0 Å². The Bertz CT molecular complexity index is 792. The summed E-state index contributed by atoms with van der Waals surface area (Å²) in [7, 11) is 0. The van der Waals surface area contributed by atoms with Crippen molar-refractivity contribution >= 4 is 11.6 Å². The van der Waals surface area contributed by atoms with E-state index < -0.39 is 11.8 Å². The molecule has 0 unspecified atom stereocenters. The third-order valence-electron chi connectivity index (χ3n) is 9.12. The molecule has 0 radical (unpaired) electrons. The lowest BCUT2D eigenvalue weighted by molar-refractivity contribution is -0.133. The lowest BCUT2D eigenvalue weighted by atomic mass is 9.46. The SMILES string of the molecule is C[C@]12C=CC(=O)C=C1[C@@H](CC(F)(F)C1CC1)C[C@@H]1[C@@H]2CC[C@]2(C)C(=O)CC[C@@H]12. The highest BCUT2D eigenvalue weighted by atomic mass is 19.3. The minimum absolute atomic E-state index is 0.0673. The molecule has 0 aromatic heterocycles. The summed E-state index contributed by atoms with van der Waals surface area (Å²) in [6.45, 7) is 4.27. The van der Waals surface area contributed by atoms with Crippen LogP contribution in [-0.4, -0.2) is 17.5 Å². The van der Waals surface area contributed by atoms with Crippen molar-refractivity contribution in [3.05, 3.63) is 23.8 Å². The van der Waals surface area contributed by atoms with Gasteiger partial charge in [0.05, 0.1) is 0 Å². The number of rotatable bonds is 3. The molecule has 4 fully saturated rings. The largest absolute Gasteiger partial charge is 0.299 e. The van der Waals surface area contributed by atoms with Crippen molar-refractivity contribution in [1.29, 1.82) is 0 Å². The van der Waals surface area contributed by atoms with Crippen LogP contribution in [0.1, 0.15) is 65.2 Å². The molecule has 0 aliphatic heterocycles. The van der Waals surface area contributed by atoms with E-state index in [2.05, 4.69) is 13.8 Å². The topological polar surface area (TPSA) is 34.1 Å². The Labute approximate surface area is 165 Å². The molecule has 28 heavy (non-hydrogen) atoms. The fraction of sp³-hybridized carbons (Fsp3) is 0.750. The van der Waals surface area contributed by atoms with Gasteiger partial charge in [-0.05, 0) is 74.3 Å². The van der Waals surface area contributed by atoms with Gasteiger partial charge < -0.3 is 0 Å². The molecule has 2 nitrogen and oxygen atoms in total. The molecule has 5 aliphatic rings. The Kier molecular flexibility index (Phi) is 3.91.